The fourth-order valence-corrected chi connectivity index (χ4v) is 9.17. The maximum atomic E-state index is 12.7. The van der Waals surface area contributed by atoms with Gasteiger partial charge in [-0.1, -0.05) is 42.9 Å². The van der Waals surface area contributed by atoms with Crippen LogP contribution in [-0.2, 0) is 44.7 Å². The minimum absolute atomic E-state index is 0.0713. The van der Waals surface area contributed by atoms with E-state index in [-0.39, 0.29) is 43.3 Å². The van der Waals surface area contributed by atoms with Gasteiger partial charge in [-0.2, -0.15) is 15.8 Å². The molecule has 0 spiro atoms. The van der Waals surface area contributed by atoms with Crippen LogP contribution in [0.5, 0.6) is 23.0 Å². The molecule has 2 aliphatic heterocycles. The summed E-state index contributed by atoms with van der Waals surface area (Å²) in [5.41, 5.74) is 6.28. The molecule has 0 saturated heterocycles. The van der Waals surface area contributed by atoms with E-state index in [0.717, 1.165) is 28.3 Å². The number of nitriles is 3. The van der Waals surface area contributed by atoms with Crippen molar-refractivity contribution in [2.45, 2.75) is 123 Å². The smallest absolute Gasteiger partial charge is 0.345 e. The Kier molecular flexibility index (Phi) is 18.7. The number of methoxy groups -OCH3 is 2. The molecule has 2 aromatic carbocycles. The Morgan fingerprint density at radius 3 is 1.62 bits per heavy atom. The van der Waals surface area contributed by atoms with E-state index in [0.29, 0.717) is 64.5 Å². The summed E-state index contributed by atoms with van der Waals surface area (Å²) in [6, 6.07) is 6.67. The Morgan fingerprint density at radius 1 is 0.794 bits per heavy atom. The second kappa shape index (κ2) is 21.7. The summed E-state index contributed by atoms with van der Waals surface area (Å²) in [6.45, 7) is 22.7. The molecule has 3 N–H and O–H groups in total. The first-order chi connectivity index (χ1) is 29.0. The van der Waals surface area contributed by atoms with Gasteiger partial charge in [0.15, 0.2) is 5.16 Å². The number of benzene rings is 2. The van der Waals surface area contributed by atoms with Gasteiger partial charge in [-0.3, -0.25) is 4.57 Å². The van der Waals surface area contributed by atoms with Gasteiger partial charge in [-0.25, -0.2) is 9.59 Å². The number of hydrogen-bond donors (Lipinski definition) is 3. The maximum Gasteiger partial charge on any atom is 0.345 e. The average molecular weight is 928 g/mol. The number of ether oxygens (including phenoxy) is 5. The van der Waals surface area contributed by atoms with Crippen molar-refractivity contribution in [1.29, 1.82) is 15.8 Å². The van der Waals surface area contributed by atoms with Crippen LogP contribution in [0.3, 0.4) is 0 Å². The van der Waals surface area contributed by atoms with Gasteiger partial charge < -0.3 is 43.1 Å². The molecule has 2 unspecified atom stereocenters. The summed E-state index contributed by atoms with van der Waals surface area (Å²) in [5.74, 6) is 0.462. The number of esters is 2. The molecule has 18 heteroatoms. The molecular weight excluding hydrogens is 865 g/mol. The molecule has 344 valence electrons. The number of phenolic OH excluding ortho intramolecular Hbond substituents is 1. The summed E-state index contributed by atoms with van der Waals surface area (Å²) in [5, 5.41) is 34.0. The van der Waals surface area contributed by atoms with Crippen molar-refractivity contribution in [3.05, 3.63) is 67.8 Å². The van der Waals surface area contributed by atoms with Gasteiger partial charge in [-0.05, 0) is 97.7 Å². The van der Waals surface area contributed by atoms with Gasteiger partial charge in [-0.15, -0.1) is 0 Å². The van der Waals surface area contributed by atoms with Crippen LogP contribution < -0.4 is 14.2 Å². The van der Waals surface area contributed by atoms with Crippen LogP contribution in [-0.4, -0.2) is 79.4 Å². The van der Waals surface area contributed by atoms with Crippen molar-refractivity contribution in [3.63, 3.8) is 0 Å². The molecule has 0 aromatic heterocycles. The van der Waals surface area contributed by atoms with Crippen molar-refractivity contribution in [2.75, 3.05) is 34.2 Å². The lowest BCUT2D eigenvalue weighted by molar-refractivity contribution is 0.0523. The highest BCUT2D eigenvalue weighted by Gasteiger charge is 2.43. The van der Waals surface area contributed by atoms with Gasteiger partial charge in [0.05, 0.1) is 39.0 Å². The first-order valence-electron chi connectivity index (χ1n) is 20.2. The summed E-state index contributed by atoms with van der Waals surface area (Å²) in [7, 11) is -5.51. The summed E-state index contributed by atoms with van der Waals surface area (Å²) in [4.78, 5) is 43.3. The standard InChI is InChI=1S/C25H38NO5PSi.C18H22NO7P.C2H3N/c1-17(14-25(3,16-26)32(5,6)28)10-11-19-22(29-4)18(2)20-15-31-24(27)21(20)23(19)30-12-13-33(7,8)9;1-10(7-18(3,9-19)27(22,23)24)5-6-12-15(20)14-13(8-26-17(14)21)11(2)16(12)25-4;1-2-3/h10H,11-15H2,1-9H3;5,20H,6-8H2,1-4H3,(H2,22,23,24);1H3/b17-10+;10-5+;. The van der Waals surface area contributed by atoms with E-state index in [9.17, 15) is 44.1 Å². The minimum atomic E-state index is -4.63. The third-order valence-electron chi connectivity index (χ3n) is 11.2. The number of aromatic hydroxyl groups is 1. The first-order valence-corrected chi connectivity index (χ1v) is 28.1. The van der Waals surface area contributed by atoms with Crippen LogP contribution in [0.1, 0.15) is 102 Å². The number of cyclic esters (lactones) is 2. The molecule has 15 nitrogen and oxygen atoms in total. The van der Waals surface area contributed by atoms with E-state index in [1.54, 1.807) is 59.4 Å². The van der Waals surface area contributed by atoms with Crippen molar-refractivity contribution >= 4 is 34.8 Å². The van der Waals surface area contributed by atoms with Crippen LogP contribution in [0.2, 0.25) is 25.7 Å². The van der Waals surface area contributed by atoms with Crippen LogP contribution in [0.25, 0.3) is 0 Å². The SMILES string of the molecule is CC#N.COc1c(C)c2c(c(O)c1C/C=C(\C)CC(C)(C#N)P(=O)(O)O)C(=O)OC2.COc1c(C)c2c(c(OCC[Si](C)(C)C)c1C/C=C(\C)CC(C)(C#N)P(C)(C)=O)C(=O)OC2. The number of nitrogens with zero attached hydrogens (tertiary/aromatic N) is 3. The highest BCUT2D eigenvalue weighted by molar-refractivity contribution is 7.64. The lowest BCUT2D eigenvalue weighted by atomic mass is 9.94. The molecule has 2 aromatic rings. The molecular formula is C45H63N3O12P2Si. The lowest BCUT2D eigenvalue weighted by Crippen LogP contribution is -2.23. The first kappa shape index (κ1) is 54.3. The molecule has 0 amide bonds. The van der Waals surface area contributed by atoms with Crippen molar-refractivity contribution in [2.24, 2.45) is 0 Å². The summed E-state index contributed by atoms with van der Waals surface area (Å²) < 4.78 is 52.0. The van der Waals surface area contributed by atoms with Crippen LogP contribution >= 0.6 is 14.7 Å². The fourth-order valence-electron chi connectivity index (χ4n) is 7.00. The normalized spacial score (nSPS) is 15.5. The van der Waals surface area contributed by atoms with E-state index >= 15 is 0 Å². The predicted octanol–water partition coefficient (Wildman–Crippen LogP) is 9.42. The maximum absolute atomic E-state index is 12.7. The summed E-state index contributed by atoms with van der Waals surface area (Å²) >= 11 is 0. The van der Waals surface area contributed by atoms with E-state index < -0.39 is 39.1 Å². The number of hydrogen-bond acceptors (Lipinski definition) is 13. The third kappa shape index (κ3) is 12.9. The van der Waals surface area contributed by atoms with E-state index in [1.165, 1.54) is 21.0 Å². The Labute approximate surface area is 373 Å². The van der Waals surface area contributed by atoms with Crippen LogP contribution in [0, 0.1) is 47.8 Å². The summed E-state index contributed by atoms with van der Waals surface area (Å²) in [6.07, 6.45) is 4.56. The number of rotatable bonds is 16. The number of phenols is 1. The molecule has 2 aliphatic rings. The van der Waals surface area contributed by atoms with Crippen molar-refractivity contribution < 1.29 is 57.3 Å². The molecule has 0 radical (unpaired) electrons. The minimum Gasteiger partial charge on any atom is -0.507 e. The topological polar surface area (TPSA) is 246 Å². The Morgan fingerprint density at radius 2 is 1.21 bits per heavy atom. The number of carbonyl (C=O) groups is 2. The van der Waals surface area contributed by atoms with E-state index in [4.69, 9.17) is 28.9 Å². The quantitative estimate of drug-likeness (QED) is 0.0614. The Bertz CT molecular complexity index is 2370. The Balaban J connectivity index is 0.000000415. The van der Waals surface area contributed by atoms with Crippen molar-refractivity contribution in [3.8, 4) is 41.2 Å². The van der Waals surface area contributed by atoms with Crippen LogP contribution in [0.15, 0.2) is 23.3 Å². The van der Waals surface area contributed by atoms with Gasteiger partial charge in [0.25, 0.3) is 0 Å². The zero-order valence-corrected chi connectivity index (χ0v) is 41.9. The molecule has 0 bridgehead atoms. The van der Waals surface area contributed by atoms with E-state index in [2.05, 4.69) is 25.7 Å². The molecule has 2 heterocycles. The van der Waals surface area contributed by atoms with Crippen LogP contribution in [0.4, 0.5) is 0 Å². The third-order valence-corrected chi connectivity index (χ3v) is 17.1. The lowest BCUT2D eigenvalue weighted by Gasteiger charge is -2.26. The highest BCUT2D eigenvalue weighted by atomic mass is 31.2. The molecule has 2 atom stereocenters. The molecule has 4 rings (SSSR count). The second-order valence-corrected chi connectivity index (χ2v) is 29.1. The molecule has 0 saturated carbocycles. The zero-order valence-electron chi connectivity index (χ0n) is 39.1. The average Bonchev–Trinajstić information content (AvgIpc) is 3.77. The second-order valence-electron chi connectivity index (χ2n) is 17.7. The predicted molar refractivity (Wildman–Crippen MR) is 244 cm³/mol. The molecule has 0 aliphatic carbocycles. The monoisotopic (exact) mass is 927 g/mol. The van der Waals surface area contributed by atoms with Gasteiger partial charge >= 0.3 is 19.5 Å². The number of carbonyl (C=O) groups excluding carboxylic acids is 2. The largest absolute Gasteiger partial charge is 0.507 e. The number of allylic oxidation sites excluding steroid dienone is 4. The fraction of sp³-hybridized carbons (Fsp3) is 0.533. The molecule has 63 heavy (non-hydrogen) atoms. The van der Waals surface area contributed by atoms with Gasteiger partial charge in [0, 0.05) is 37.3 Å². The molecule has 0 fully saturated rings. The highest BCUT2D eigenvalue weighted by Crippen LogP contribution is 2.55. The van der Waals surface area contributed by atoms with E-state index in [1.807, 2.05) is 19.9 Å². The Hall–Kier alpha value is -4.87. The van der Waals surface area contributed by atoms with Gasteiger partial charge in [0.2, 0.25) is 0 Å². The van der Waals surface area contributed by atoms with Crippen molar-refractivity contribution in [1.82, 2.24) is 0 Å². The number of fused-ring (bicyclic) bond motifs is 2. The van der Waals surface area contributed by atoms with Gasteiger partial charge in [0.1, 0.15) is 59.6 Å². The zero-order chi connectivity index (χ0) is 48.5.